The van der Waals surface area contributed by atoms with Gasteiger partial charge in [-0.15, -0.1) is 0 Å². The molecule has 24 heavy (non-hydrogen) atoms. The van der Waals surface area contributed by atoms with Crippen molar-refractivity contribution in [2.75, 3.05) is 13.1 Å². The lowest BCUT2D eigenvalue weighted by Crippen LogP contribution is -2.34. The van der Waals surface area contributed by atoms with Crippen LogP contribution in [-0.4, -0.2) is 42.2 Å². The van der Waals surface area contributed by atoms with Gasteiger partial charge in [0.1, 0.15) is 10.7 Å². The van der Waals surface area contributed by atoms with Gasteiger partial charge in [0.05, 0.1) is 11.2 Å². The maximum absolute atomic E-state index is 14.0. The lowest BCUT2D eigenvalue weighted by atomic mass is 10.3. The van der Waals surface area contributed by atoms with Crippen LogP contribution in [0.5, 0.6) is 0 Å². The molecule has 0 N–H and O–H groups in total. The molecule has 2 aromatic rings. The molecule has 0 saturated heterocycles. The first kappa shape index (κ1) is 18.9. The lowest BCUT2D eigenvalue weighted by Gasteiger charge is -2.17. The van der Waals surface area contributed by atoms with Gasteiger partial charge < -0.3 is 4.90 Å². The molecule has 0 saturated carbocycles. The summed E-state index contributed by atoms with van der Waals surface area (Å²) < 4.78 is 40.4. The third-order valence-corrected chi connectivity index (χ3v) is 5.91. The minimum atomic E-state index is -4.30. The van der Waals surface area contributed by atoms with E-state index in [-0.39, 0.29) is 5.02 Å². The molecule has 0 aliphatic rings. The van der Waals surface area contributed by atoms with Crippen LogP contribution in [0.4, 0.5) is 9.18 Å². The Hall–Kier alpha value is -1.45. The first-order valence-corrected chi connectivity index (χ1v) is 9.62. The molecule has 1 aromatic heterocycles. The molecular weight excluding hydrogens is 425 g/mol. The number of halogens is 3. The van der Waals surface area contributed by atoms with Crippen LogP contribution >= 0.6 is 27.5 Å². The Bertz CT molecular complexity index is 881. The van der Waals surface area contributed by atoms with Crippen molar-refractivity contribution in [3.05, 3.63) is 39.7 Å². The molecule has 1 aromatic carbocycles. The highest BCUT2D eigenvalue weighted by Crippen LogP contribution is 2.29. The van der Waals surface area contributed by atoms with E-state index in [9.17, 15) is 17.6 Å². The Labute approximate surface area is 152 Å². The van der Waals surface area contributed by atoms with Gasteiger partial charge in [0, 0.05) is 17.6 Å². The number of amides is 1. The fourth-order valence-corrected chi connectivity index (χ4v) is 4.10. The van der Waals surface area contributed by atoms with Gasteiger partial charge in [-0.2, -0.15) is 9.78 Å². The number of hydrogen-bond donors (Lipinski definition) is 0. The fraction of sp³-hybridized carbons (Fsp3) is 0.286. The van der Waals surface area contributed by atoms with Crippen LogP contribution in [0.3, 0.4) is 0 Å². The molecule has 0 aliphatic carbocycles. The number of carbonyl (C=O) groups is 1. The molecule has 10 heteroatoms. The Morgan fingerprint density at radius 2 is 2.00 bits per heavy atom. The summed E-state index contributed by atoms with van der Waals surface area (Å²) in [6, 6.07) is 3.01. The second-order valence-corrected chi connectivity index (χ2v) is 7.92. The van der Waals surface area contributed by atoms with Crippen LogP contribution in [0.25, 0.3) is 0 Å². The average molecular weight is 439 g/mol. The Morgan fingerprint density at radius 3 is 2.54 bits per heavy atom. The number of benzene rings is 1. The van der Waals surface area contributed by atoms with Crippen molar-refractivity contribution in [2.45, 2.75) is 23.8 Å². The monoisotopic (exact) mass is 437 g/mol. The summed E-state index contributed by atoms with van der Waals surface area (Å²) in [5.74, 6) is -0.940. The maximum atomic E-state index is 14.0. The standard InChI is InChI=1S/C14H14BrClFN3O3S/c1-3-19(4-2)14(21)20-8-10(16)13(18-20)24(22,23)12-6-5-9(15)7-11(12)17/h5-8H,3-4H2,1-2H3. The zero-order valence-corrected chi connectivity index (χ0v) is 16.0. The quantitative estimate of drug-likeness (QED) is 0.731. The van der Waals surface area contributed by atoms with E-state index < -0.39 is 31.6 Å². The number of hydrogen-bond acceptors (Lipinski definition) is 4. The Balaban J connectivity index is 2.51. The van der Waals surface area contributed by atoms with Gasteiger partial charge >= 0.3 is 6.03 Å². The SMILES string of the molecule is CCN(CC)C(=O)n1cc(Cl)c(S(=O)(=O)c2ccc(Br)cc2F)n1. The first-order chi connectivity index (χ1) is 11.2. The maximum Gasteiger partial charge on any atom is 0.344 e. The largest absolute Gasteiger partial charge is 0.344 e. The van der Waals surface area contributed by atoms with Crippen LogP contribution in [-0.2, 0) is 9.84 Å². The number of rotatable bonds is 4. The van der Waals surface area contributed by atoms with Gasteiger partial charge in [0.2, 0.25) is 14.9 Å². The van der Waals surface area contributed by atoms with Crippen molar-refractivity contribution in [3.63, 3.8) is 0 Å². The molecule has 0 atom stereocenters. The fourth-order valence-electron chi connectivity index (χ4n) is 2.05. The van der Waals surface area contributed by atoms with E-state index in [1.54, 1.807) is 13.8 Å². The smallest absolute Gasteiger partial charge is 0.323 e. The van der Waals surface area contributed by atoms with Crippen LogP contribution in [0.1, 0.15) is 13.8 Å². The highest BCUT2D eigenvalue weighted by atomic mass is 79.9. The third kappa shape index (κ3) is 3.47. The predicted molar refractivity (Wildman–Crippen MR) is 90.5 cm³/mol. The first-order valence-electron chi connectivity index (χ1n) is 6.97. The number of sulfone groups is 1. The summed E-state index contributed by atoms with van der Waals surface area (Å²) in [4.78, 5) is 13.1. The molecule has 0 fully saturated rings. The minimum absolute atomic E-state index is 0.252. The molecule has 0 bridgehead atoms. The van der Waals surface area contributed by atoms with Crippen molar-refractivity contribution in [2.24, 2.45) is 0 Å². The van der Waals surface area contributed by atoms with Crippen LogP contribution in [0.15, 0.2) is 38.8 Å². The van der Waals surface area contributed by atoms with E-state index in [2.05, 4.69) is 21.0 Å². The number of carbonyl (C=O) groups excluding carboxylic acids is 1. The summed E-state index contributed by atoms with van der Waals surface area (Å²) in [7, 11) is -4.30. The van der Waals surface area contributed by atoms with Crippen LogP contribution in [0.2, 0.25) is 5.02 Å². The molecule has 1 heterocycles. The van der Waals surface area contributed by atoms with Gasteiger partial charge in [-0.25, -0.2) is 17.6 Å². The highest BCUT2D eigenvalue weighted by Gasteiger charge is 2.29. The van der Waals surface area contributed by atoms with E-state index in [4.69, 9.17) is 11.6 Å². The van der Waals surface area contributed by atoms with E-state index >= 15 is 0 Å². The average Bonchev–Trinajstić information content (AvgIpc) is 2.90. The normalized spacial score (nSPS) is 11.5. The number of aromatic nitrogens is 2. The Morgan fingerprint density at radius 1 is 1.38 bits per heavy atom. The molecule has 0 spiro atoms. The number of nitrogens with zero attached hydrogens (tertiary/aromatic N) is 3. The Kier molecular flexibility index (Phi) is 5.67. The zero-order valence-electron chi connectivity index (χ0n) is 12.8. The van der Waals surface area contributed by atoms with Gasteiger partial charge in [-0.3, -0.25) is 0 Å². The predicted octanol–water partition coefficient (Wildman–Crippen LogP) is 3.58. The zero-order chi connectivity index (χ0) is 18.1. The van der Waals surface area contributed by atoms with E-state index in [1.165, 1.54) is 11.0 Å². The second-order valence-electron chi connectivity index (χ2n) is 4.76. The molecule has 130 valence electrons. The summed E-state index contributed by atoms with van der Waals surface area (Å²) in [6.45, 7) is 4.41. The molecule has 1 amide bonds. The second kappa shape index (κ2) is 7.20. The minimum Gasteiger partial charge on any atom is -0.323 e. The van der Waals surface area contributed by atoms with Crippen LogP contribution < -0.4 is 0 Å². The van der Waals surface area contributed by atoms with Crippen molar-refractivity contribution >= 4 is 43.4 Å². The van der Waals surface area contributed by atoms with Gasteiger partial charge in [0.25, 0.3) is 0 Å². The van der Waals surface area contributed by atoms with E-state index in [1.807, 2.05) is 0 Å². The summed E-state index contributed by atoms with van der Waals surface area (Å²) in [5.41, 5.74) is 0. The summed E-state index contributed by atoms with van der Waals surface area (Å²) in [5, 5.41) is 2.95. The molecular formula is C14H14BrClFN3O3S. The van der Waals surface area contributed by atoms with E-state index in [0.717, 1.165) is 23.0 Å². The van der Waals surface area contributed by atoms with Gasteiger partial charge in [-0.05, 0) is 32.0 Å². The van der Waals surface area contributed by atoms with Crippen molar-refractivity contribution in [1.29, 1.82) is 0 Å². The van der Waals surface area contributed by atoms with Crippen molar-refractivity contribution < 1.29 is 17.6 Å². The summed E-state index contributed by atoms with van der Waals surface area (Å²) in [6.07, 6.45) is 1.10. The van der Waals surface area contributed by atoms with E-state index in [0.29, 0.717) is 17.6 Å². The summed E-state index contributed by atoms with van der Waals surface area (Å²) >= 11 is 8.99. The van der Waals surface area contributed by atoms with Crippen molar-refractivity contribution in [1.82, 2.24) is 14.7 Å². The molecule has 0 unspecified atom stereocenters. The van der Waals surface area contributed by atoms with Crippen LogP contribution in [0, 0.1) is 5.82 Å². The third-order valence-electron chi connectivity index (χ3n) is 3.31. The lowest BCUT2D eigenvalue weighted by molar-refractivity contribution is 0.201. The molecule has 2 rings (SSSR count). The molecule has 0 aliphatic heterocycles. The van der Waals surface area contributed by atoms with Gasteiger partial charge in [-0.1, -0.05) is 27.5 Å². The topological polar surface area (TPSA) is 72.3 Å². The van der Waals surface area contributed by atoms with Crippen molar-refractivity contribution in [3.8, 4) is 0 Å². The van der Waals surface area contributed by atoms with Gasteiger partial charge in [0.15, 0.2) is 0 Å². The molecule has 6 nitrogen and oxygen atoms in total. The molecule has 0 radical (unpaired) electrons. The highest BCUT2D eigenvalue weighted by molar-refractivity contribution is 9.10.